The van der Waals surface area contributed by atoms with E-state index >= 15 is 0 Å². The number of nitrogens with zero attached hydrogens (tertiary/aromatic N) is 1. The number of benzene rings is 2. The van der Waals surface area contributed by atoms with Gasteiger partial charge >= 0.3 is 6.18 Å². The van der Waals surface area contributed by atoms with E-state index in [4.69, 9.17) is 5.26 Å². The summed E-state index contributed by atoms with van der Waals surface area (Å²) in [6, 6.07) is 11.4. The minimum absolute atomic E-state index is 0.126. The molecule has 128 valence electrons. The highest BCUT2D eigenvalue weighted by Crippen LogP contribution is 2.30. The van der Waals surface area contributed by atoms with Crippen molar-refractivity contribution >= 4 is 17.7 Å². The number of nitrogens with one attached hydrogen (secondary N) is 1. The second-order valence-electron chi connectivity index (χ2n) is 5.55. The summed E-state index contributed by atoms with van der Waals surface area (Å²) < 4.78 is 38.2. The molecule has 0 aliphatic rings. The second-order valence-corrected chi connectivity index (χ2v) is 5.55. The molecule has 2 aromatic rings. The van der Waals surface area contributed by atoms with Gasteiger partial charge in [-0.25, -0.2) is 0 Å². The van der Waals surface area contributed by atoms with Gasteiger partial charge in [0.2, 0.25) is 0 Å². The van der Waals surface area contributed by atoms with E-state index in [1.165, 1.54) is 12.1 Å². The monoisotopic (exact) mass is 344 g/mol. The number of nitriles is 1. The molecule has 0 saturated heterocycles. The van der Waals surface area contributed by atoms with Crippen LogP contribution in [0.4, 0.5) is 18.9 Å². The first-order valence-electron chi connectivity index (χ1n) is 7.38. The number of anilines is 1. The minimum Gasteiger partial charge on any atom is -0.321 e. The highest BCUT2D eigenvalue weighted by atomic mass is 19.4. The number of carbonyl (C=O) groups is 1. The van der Waals surface area contributed by atoms with Crippen LogP contribution in [-0.2, 0) is 11.0 Å². The minimum atomic E-state index is -4.49. The molecular weight excluding hydrogens is 329 g/mol. The lowest BCUT2D eigenvalue weighted by Gasteiger charge is -2.08. The quantitative estimate of drug-likeness (QED) is 0.638. The van der Waals surface area contributed by atoms with E-state index in [0.717, 1.165) is 29.3 Å². The van der Waals surface area contributed by atoms with Crippen LogP contribution in [0.15, 0.2) is 48.0 Å². The van der Waals surface area contributed by atoms with Crippen LogP contribution in [0.2, 0.25) is 0 Å². The normalized spacial score (nSPS) is 11.8. The topological polar surface area (TPSA) is 52.9 Å². The van der Waals surface area contributed by atoms with Crippen molar-refractivity contribution in [2.24, 2.45) is 0 Å². The third kappa shape index (κ3) is 4.70. The van der Waals surface area contributed by atoms with Crippen LogP contribution < -0.4 is 5.32 Å². The Bertz CT molecular complexity index is 877. The Morgan fingerprint density at radius 3 is 2.44 bits per heavy atom. The van der Waals surface area contributed by atoms with E-state index in [2.05, 4.69) is 5.32 Å². The average Bonchev–Trinajstić information content (AvgIpc) is 2.55. The van der Waals surface area contributed by atoms with Crippen LogP contribution in [0.25, 0.3) is 6.08 Å². The smallest absolute Gasteiger partial charge is 0.321 e. The number of aryl methyl sites for hydroxylation is 2. The average molecular weight is 344 g/mol. The summed E-state index contributed by atoms with van der Waals surface area (Å²) in [5.41, 5.74) is 1.54. The molecule has 2 aromatic carbocycles. The summed E-state index contributed by atoms with van der Waals surface area (Å²) in [5.74, 6) is -0.678. The highest BCUT2D eigenvalue weighted by molar-refractivity contribution is 6.09. The zero-order valence-electron chi connectivity index (χ0n) is 13.6. The summed E-state index contributed by atoms with van der Waals surface area (Å²) >= 11 is 0. The lowest BCUT2D eigenvalue weighted by Crippen LogP contribution is -2.13. The van der Waals surface area contributed by atoms with Crippen molar-refractivity contribution in [3.63, 3.8) is 0 Å². The van der Waals surface area contributed by atoms with Gasteiger partial charge in [0.05, 0.1) is 5.56 Å². The van der Waals surface area contributed by atoms with Gasteiger partial charge in [-0.2, -0.15) is 18.4 Å². The Hall–Kier alpha value is -3.07. The Morgan fingerprint density at radius 2 is 1.84 bits per heavy atom. The van der Waals surface area contributed by atoms with E-state index in [0.29, 0.717) is 5.69 Å². The zero-order chi connectivity index (χ0) is 18.6. The maximum Gasteiger partial charge on any atom is 0.416 e. The zero-order valence-corrected chi connectivity index (χ0v) is 13.6. The number of halogens is 3. The largest absolute Gasteiger partial charge is 0.416 e. The number of alkyl halides is 3. The molecule has 0 aromatic heterocycles. The van der Waals surface area contributed by atoms with Crippen molar-refractivity contribution in [2.75, 3.05) is 5.32 Å². The molecule has 1 N–H and O–H groups in total. The molecule has 0 spiro atoms. The number of carbonyl (C=O) groups excluding carboxylic acids is 1. The summed E-state index contributed by atoms with van der Waals surface area (Å²) in [7, 11) is 0. The van der Waals surface area contributed by atoms with Crippen molar-refractivity contribution in [2.45, 2.75) is 20.0 Å². The standard InChI is InChI=1S/C19H15F3N2O/c1-12-6-7-17(8-13(12)2)24-18(25)15(11-23)9-14-4-3-5-16(10-14)19(20,21)22/h3-10H,1-2H3,(H,24,25)/b15-9+. The van der Waals surface area contributed by atoms with Gasteiger partial charge in [-0.1, -0.05) is 18.2 Å². The lowest BCUT2D eigenvalue weighted by molar-refractivity contribution is -0.137. The highest BCUT2D eigenvalue weighted by Gasteiger charge is 2.30. The fraction of sp³-hybridized carbons (Fsp3) is 0.158. The molecule has 0 heterocycles. The Labute approximate surface area is 143 Å². The number of hydrogen-bond donors (Lipinski definition) is 1. The van der Waals surface area contributed by atoms with Gasteiger partial charge in [0.1, 0.15) is 11.6 Å². The van der Waals surface area contributed by atoms with Gasteiger partial charge in [0, 0.05) is 5.69 Å². The molecule has 6 heteroatoms. The third-order valence-corrected chi connectivity index (χ3v) is 3.65. The molecule has 0 bridgehead atoms. The van der Waals surface area contributed by atoms with Crippen molar-refractivity contribution in [1.82, 2.24) is 0 Å². The van der Waals surface area contributed by atoms with Gasteiger partial charge in [-0.3, -0.25) is 4.79 Å². The van der Waals surface area contributed by atoms with Crippen LogP contribution in [0.5, 0.6) is 0 Å². The van der Waals surface area contributed by atoms with Gasteiger partial charge in [-0.15, -0.1) is 0 Å². The molecule has 0 fully saturated rings. The van der Waals surface area contributed by atoms with Crippen molar-refractivity contribution in [3.05, 3.63) is 70.3 Å². The van der Waals surface area contributed by atoms with Crippen LogP contribution in [0.1, 0.15) is 22.3 Å². The maximum atomic E-state index is 12.7. The second kappa shape index (κ2) is 7.22. The SMILES string of the molecule is Cc1ccc(NC(=O)/C(C#N)=C/c2cccc(C(F)(F)F)c2)cc1C. The predicted octanol–water partition coefficient (Wildman–Crippen LogP) is 4.87. The van der Waals surface area contributed by atoms with Crippen molar-refractivity contribution < 1.29 is 18.0 Å². The Balaban J connectivity index is 2.26. The predicted molar refractivity (Wildman–Crippen MR) is 89.6 cm³/mol. The van der Waals surface area contributed by atoms with Crippen LogP contribution in [0, 0.1) is 25.2 Å². The van der Waals surface area contributed by atoms with Crippen LogP contribution in [0.3, 0.4) is 0 Å². The molecule has 0 aliphatic carbocycles. The van der Waals surface area contributed by atoms with Crippen molar-refractivity contribution in [3.8, 4) is 6.07 Å². The molecule has 1 amide bonds. The summed E-state index contributed by atoms with van der Waals surface area (Å²) in [6.07, 6.45) is -3.36. The van der Waals surface area contributed by atoms with Gasteiger partial charge in [-0.05, 0) is 60.9 Å². The lowest BCUT2D eigenvalue weighted by atomic mass is 10.1. The third-order valence-electron chi connectivity index (χ3n) is 3.65. The fourth-order valence-electron chi connectivity index (χ4n) is 2.14. The molecule has 0 unspecified atom stereocenters. The first-order chi connectivity index (χ1) is 11.7. The molecule has 0 aliphatic heterocycles. The van der Waals surface area contributed by atoms with Gasteiger partial charge < -0.3 is 5.32 Å². The molecule has 0 saturated carbocycles. The molecular formula is C19H15F3N2O. The summed E-state index contributed by atoms with van der Waals surface area (Å²) in [4.78, 5) is 12.2. The number of amides is 1. The summed E-state index contributed by atoms with van der Waals surface area (Å²) in [6.45, 7) is 3.81. The molecule has 25 heavy (non-hydrogen) atoms. The molecule has 0 radical (unpaired) electrons. The first kappa shape index (κ1) is 18.3. The van der Waals surface area contributed by atoms with E-state index in [1.54, 1.807) is 18.2 Å². The number of hydrogen-bond acceptors (Lipinski definition) is 2. The maximum absolute atomic E-state index is 12.7. The van der Waals surface area contributed by atoms with Crippen molar-refractivity contribution in [1.29, 1.82) is 5.26 Å². The van der Waals surface area contributed by atoms with E-state index < -0.39 is 17.6 Å². The van der Waals surface area contributed by atoms with E-state index in [1.807, 2.05) is 19.9 Å². The molecule has 0 atom stereocenters. The van der Waals surface area contributed by atoms with Crippen LogP contribution >= 0.6 is 0 Å². The number of rotatable bonds is 3. The van der Waals surface area contributed by atoms with E-state index in [-0.39, 0.29) is 11.1 Å². The molecule has 2 rings (SSSR count). The Morgan fingerprint density at radius 1 is 1.12 bits per heavy atom. The van der Waals surface area contributed by atoms with E-state index in [9.17, 15) is 18.0 Å². The Kier molecular flexibility index (Phi) is 5.28. The molecule has 3 nitrogen and oxygen atoms in total. The van der Waals surface area contributed by atoms with Crippen LogP contribution in [-0.4, -0.2) is 5.91 Å². The van der Waals surface area contributed by atoms with Gasteiger partial charge in [0.15, 0.2) is 0 Å². The summed E-state index contributed by atoms with van der Waals surface area (Å²) in [5, 5.41) is 11.7. The van der Waals surface area contributed by atoms with Gasteiger partial charge in [0.25, 0.3) is 5.91 Å². The fourth-order valence-corrected chi connectivity index (χ4v) is 2.14. The first-order valence-corrected chi connectivity index (χ1v) is 7.38.